The number of amides is 2. The molecule has 0 atom stereocenters. The maximum Gasteiger partial charge on any atom is 0.416 e. The zero-order valence-corrected chi connectivity index (χ0v) is 15.4. The van der Waals surface area contributed by atoms with Crippen molar-refractivity contribution in [3.05, 3.63) is 59.2 Å². The second-order valence-electron chi connectivity index (χ2n) is 6.33. The molecule has 2 rings (SSSR count). The van der Waals surface area contributed by atoms with Gasteiger partial charge in [-0.2, -0.15) is 13.2 Å². The van der Waals surface area contributed by atoms with E-state index in [-0.39, 0.29) is 24.8 Å². The Bertz CT molecular complexity index is 830. The summed E-state index contributed by atoms with van der Waals surface area (Å²) < 4.78 is 38.0. The van der Waals surface area contributed by atoms with Crippen molar-refractivity contribution < 1.29 is 22.8 Å². The summed E-state index contributed by atoms with van der Waals surface area (Å²) in [6, 6.07) is 9.98. The smallest absolute Gasteiger partial charge is 0.326 e. The molecule has 0 aromatic heterocycles. The molecular formula is C20H21F3N2O2. The van der Waals surface area contributed by atoms with Gasteiger partial charge in [-0.25, -0.2) is 0 Å². The Morgan fingerprint density at radius 2 is 1.67 bits per heavy atom. The van der Waals surface area contributed by atoms with Gasteiger partial charge in [0.2, 0.25) is 11.8 Å². The van der Waals surface area contributed by atoms with E-state index in [1.54, 1.807) is 0 Å². The number of anilines is 2. The number of halogens is 3. The van der Waals surface area contributed by atoms with Crippen molar-refractivity contribution in [3.8, 4) is 0 Å². The third kappa shape index (κ3) is 5.57. The van der Waals surface area contributed by atoms with E-state index < -0.39 is 11.7 Å². The topological polar surface area (TPSA) is 49.4 Å². The molecule has 2 aromatic carbocycles. The van der Waals surface area contributed by atoms with Crippen LogP contribution in [0.15, 0.2) is 42.5 Å². The van der Waals surface area contributed by atoms with Crippen LogP contribution in [0.1, 0.15) is 30.0 Å². The van der Waals surface area contributed by atoms with Crippen LogP contribution in [0.3, 0.4) is 0 Å². The Hall–Kier alpha value is -2.83. The summed E-state index contributed by atoms with van der Waals surface area (Å²) in [7, 11) is 0. The van der Waals surface area contributed by atoms with Gasteiger partial charge in [0.25, 0.3) is 0 Å². The summed E-state index contributed by atoms with van der Waals surface area (Å²) in [5, 5.41) is 2.80. The van der Waals surface area contributed by atoms with E-state index in [1.807, 2.05) is 32.0 Å². The van der Waals surface area contributed by atoms with E-state index in [0.717, 1.165) is 23.3 Å². The van der Waals surface area contributed by atoms with Crippen molar-refractivity contribution in [1.29, 1.82) is 0 Å². The van der Waals surface area contributed by atoms with Gasteiger partial charge in [0.15, 0.2) is 0 Å². The first-order valence-electron chi connectivity index (χ1n) is 8.40. The van der Waals surface area contributed by atoms with E-state index in [2.05, 4.69) is 5.32 Å². The first kappa shape index (κ1) is 20.5. The molecule has 0 aliphatic rings. The van der Waals surface area contributed by atoms with Crippen molar-refractivity contribution in [1.82, 2.24) is 0 Å². The Balaban J connectivity index is 2.05. The van der Waals surface area contributed by atoms with Gasteiger partial charge < -0.3 is 10.2 Å². The first-order valence-corrected chi connectivity index (χ1v) is 8.40. The number of carbonyl (C=O) groups excluding carboxylic acids is 2. The molecular weight excluding hydrogens is 357 g/mol. The highest BCUT2D eigenvalue weighted by molar-refractivity contribution is 5.95. The number of aryl methyl sites for hydroxylation is 2. The fourth-order valence-electron chi connectivity index (χ4n) is 2.60. The minimum atomic E-state index is -4.44. The molecule has 0 fully saturated rings. The summed E-state index contributed by atoms with van der Waals surface area (Å²) in [5.74, 6) is -0.629. The highest BCUT2D eigenvalue weighted by Crippen LogP contribution is 2.30. The third-order valence-corrected chi connectivity index (χ3v) is 4.12. The zero-order valence-electron chi connectivity index (χ0n) is 15.4. The van der Waals surface area contributed by atoms with Crippen LogP contribution in [-0.4, -0.2) is 18.4 Å². The largest absolute Gasteiger partial charge is 0.416 e. The molecule has 0 saturated heterocycles. The predicted octanol–water partition coefficient (Wildman–Crippen LogP) is 4.70. The second-order valence-corrected chi connectivity index (χ2v) is 6.33. The quantitative estimate of drug-likeness (QED) is 0.820. The molecule has 7 heteroatoms. The molecule has 144 valence electrons. The molecule has 27 heavy (non-hydrogen) atoms. The fourth-order valence-corrected chi connectivity index (χ4v) is 2.60. The van der Waals surface area contributed by atoms with Gasteiger partial charge in [-0.05, 0) is 55.3 Å². The van der Waals surface area contributed by atoms with Crippen LogP contribution in [0, 0.1) is 13.8 Å². The molecule has 0 spiro atoms. The number of rotatable bonds is 5. The molecule has 0 unspecified atom stereocenters. The normalized spacial score (nSPS) is 11.2. The van der Waals surface area contributed by atoms with Crippen molar-refractivity contribution >= 4 is 23.2 Å². The molecule has 0 bridgehead atoms. The lowest BCUT2D eigenvalue weighted by molar-refractivity contribution is -0.137. The Labute approximate surface area is 156 Å². The van der Waals surface area contributed by atoms with E-state index in [9.17, 15) is 22.8 Å². The van der Waals surface area contributed by atoms with E-state index in [0.29, 0.717) is 11.4 Å². The van der Waals surface area contributed by atoms with Gasteiger partial charge in [-0.15, -0.1) is 0 Å². The van der Waals surface area contributed by atoms with Crippen LogP contribution in [-0.2, 0) is 15.8 Å². The third-order valence-electron chi connectivity index (χ3n) is 4.12. The average Bonchev–Trinajstić information content (AvgIpc) is 2.57. The predicted molar refractivity (Wildman–Crippen MR) is 98.6 cm³/mol. The molecule has 0 aliphatic heterocycles. The standard InChI is InChI=1S/C20H21F3N2O2/c1-13-4-5-14(2)18(12-13)24-19(27)10-11-25(15(3)26)17-8-6-16(7-9-17)20(21,22)23/h4-9,12H,10-11H2,1-3H3,(H,24,27). The zero-order chi connectivity index (χ0) is 20.2. The lowest BCUT2D eigenvalue weighted by Crippen LogP contribution is -2.32. The lowest BCUT2D eigenvalue weighted by Gasteiger charge is -2.21. The summed E-state index contributed by atoms with van der Waals surface area (Å²) in [5.41, 5.74) is 2.15. The summed E-state index contributed by atoms with van der Waals surface area (Å²) >= 11 is 0. The molecule has 0 heterocycles. The monoisotopic (exact) mass is 378 g/mol. The molecule has 2 amide bonds. The maximum absolute atomic E-state index is 12.7. The number of nitrogens with zero attached hydrogens (tertiary/aromatic N) is 1. The fraction of sp³-hybridized carbons (Fsp3) is 0.300. The van der Waals surface area contributed by atoms with Gasteiger partial charge in [0.05, 0.1) is 5.56 Å². The summed E-state index contributed by atoms with van der Waals surface area (Å²) in [6.45, 7) is 5.16. The van der Waals surface area contributed by atoms with Crippen molar-refractivity contribution in [2.24, 2.45) is 0 Å². The van der Waals surface area contributed by atoms with E-state index in [4.69, 9.17) is 0 Å². The van der Waals surface area contributed by atoms with Crippen LogP contribution < -0.4 is 10.2 Å². The molecule has 1 N–H and O–H groups in total. The number of carbonyl (C=O) groups is 2. The van der Waals surface area contributed by atoms with Gasteiger partial charge in [0, 0.05) is 31.3 Å². The van der Waals surface area contributed by atoms with Gasteiger partial charge in [-0.3, -0.25) is 9.59 Å². The van der Waals surface area contributed by atoms with Gasteiger partial charge in [-0.1, -0.05) is 12.1 Å². The highest BCUT2D eigenvalue weighted by atomic mass is 19.4. The Morgan fingerprint density at radius 1 is 1.04 bits per heavy atom. The minimum Gasteiger partial charge on any atom is -0.326 e. The molecule has 0 radical (unpaired) electrons. The second kappa shape index (κ2) is 8.24. The minimum absolute atomic E-state index is 0.0218. The average molecular weight is 378 g/mol. The number of benzene rings is 2. The highest BCUT2D eigenvalue weighted by Gasteiger charge is 2.30. The maximum atomic E-state index is 12.7. The number of hydrogen-bond donors (Lipinski definition) is 1. The number of hydrogen-bond acceptors (Lipinski definition) is 2. The van der Waals surface area contributed by atoms with Crippen molar-refractivity contribution in [3.63, 3.8) is 0 Å². The van der Waals surface area contributed by atoms with Crippen molar-refractivity contribution in [2.75, 3.05) is 16.8 Å². The molecule has 0 saturated carbocycles. The van der Waals surface area contributed by atoms with Crippen LogP contribution >= 0.6 is 0 Å². The van der Waals surface area contributed by atoms with Crippen LogP contribution in [0.5, 0.6) is 0 Å². The SMILES string of the molecule is CC(=O)N(CCC(=O)Nc1cc(C)ccc1C)c1ccc(C(F)(F)F)cc1. The van der Waals surface area contributed by atoms with Crippen LogP contribution in [0.4, 0.5) is 24.5 Å². The van der Waals surface area contributed by atoms with Crippen LogP contribution in [0.2, 0.25) is 0 Å². The molecule has 0 aliphatic carbocycles. The first-order chi connectivity index (χ1) is 12.6. The summed E-state index contributed by atoms with van der Waals surface area (Å²) in [6.07, 6.45) is -4.42. The van der Waals surface area contributed by atoms with Crippen molar-refractivity contribution in [2.45, 2.75) is 33.4 Å². The van der Waals surface area contributed by atoms with Gasteiger partial charge in [0.1, 0.15) is 0 Å². The Morgan fingerprint density at radius 3 is 2.22 bits per heavy atom. The molecule has 4 nitrogen and oxygen atoms in total. The molecule has 2 aromatic rings. The van der Waals surface area contributed by atoms with E-state index >= 15 is 0 Å². The Kier molecular flexibility index (Phi) is 6.25. The lowest BCUT2D eigenvalue weighted by atomic mass is 10.1. The van der Waals surface area contributed by atoms with E-state index in [1.165, 1.54) is 24.0 Å². The summed E-state index contributed by atoms with van der Waals surface area (Å²) in [4.78, 5) is 25.4. The van der Waals surface area contributed by atoms with Gasteiger partial charge >= 0.3 is 6.18 Å². The number of nitrogens with one attached hydrogen (secondary N) is 1. The van der Waals surface area contributed by atoms with Crippen LogP contribution in [0.25, 0.3) is 0 Å². The number of alkyl halides is 3.